The third kappa shape index (κ3) is 9.93. The van der Waals surface area contributed by atoms with E-state index in [1.807, 2.05) is 61.2 Å². The number of H-pyrrole nitrogens is 1. The number of fused-ring (bicyclic) bond motifs is 1. The lowest BCUT2D eigenvalue weighted by Gasteiger charge is -2.28. The van der Waals surface area contributed by atoms with Gasteiger partial charge in [-0.05, 0) is 88.4 Å². The molecule has 278 valence electrons. The van der Waals surface area contributed by atoms with E-state index in [0.717, 1.165) is 59.5 Å². The molecule has 53 heavy (non-hydrogen) atoms. The van der Waals surface area contributed by atoms with Gasteiger partial charge in [0.1, 0.15) is 12.0 Å². The topological polar surface area (TPSA) is 154 Å². The van der Waals surface area contributed by atoms with Crippen molar-refractivity contribution >= 4 is 34.5 Å². The molecule has 2 aliphatic rings. The molecular weight excluding hydrogens is 670 g/mol. The van der Waals surface area contributed by atoms with Crippen molar-refractivity contribution in [2.75, 3.05) is 38.0 Å². The van der Waals surface area contributed by atoms with E-state index in [-0.39, 0.29) is 12.0 Å². The fraction of sp³-hybridized carbons (Fsp3) is 0.400. The molecule has 0 bridgehead atoms. The molecule has 0 saturated carbocycles. The maximum absolute atomic E-state index is 12.6. The van der Waals surface area contributed by atoms with E-state index >= 15 is 0 Å². The van der Waals surface area contributed by atoms with Crippen LogP contribution in [0.2, 0.25) is 0 Å². The number of aliphatic hydroxyl groups is 1. The molecule has 13 nitrogen and oxygen atoms in total. The average molecular weight is 720 g/mol. The summed E-state index contributed by atoms with van der Waals surface area (Å²) in [5.41, 5.74) is 5.87. The number of anilines is 1. The van der Waals surface area contributed by atoms with Crippen molar-refractivity contribution in [1.82, 2.24) is 39.7 Å². The van der Waals surface area contributed by atoms with Crippen LogP contribution in [0.3, 0.4) is 0 Å². The van der Waals surface area contributed by atoms with Gasteiger partial charge in [0.15, 0.2) is 5.82 Å². The van der Waals surface area contributed by atoms with E-state index in [9.17, 15) is 14.7 Å². The highest BCUT2D eigenvalue weighted by molar-refractivity contribution is 5.95. The van der Waals surface area contributed by atoms with Gasteiger partial charge < -0.3 is 20.1 Å². The van der Waals surface area contributed by atoms with E-state index in [1.54, 1.807) is 31.1 Å². The van der Waals surface area contributed by atoms with Crippen molar-refractivity contribution in [2.45, 2.75) is 65.7 Å². The molecule has 13 heteroatoms. The molecule has 0 unspecified atom stereocenters. The molecule has 7 rings (SSSR count). The standard InChI is InChI=1S/C24H33N5O2.C16H16N4O2/c1-18-8-11-27(14-18)15-22(30)28-12-9-20(10-13-28)19-4-6-21(7-5-19)23-25-17-29(26-23)16-24(2,3)31;1-10(2)22-15-6-3-11(8-17-15)16-13-7-12(18-9-21)4-5-14(13)19-20-16/h4-7,9,17-18,31H,8,10-16H2,1-3H3;3-10H,1-2H3,(H,18,21)(H,19,20)/t18-;/m0./s1. The second-order valence-electron chi connectivity index (χ2n) is 14.8. The van der Waals surface area contributed by atoms with Crippen LogP contribution in [-0.4, -0.2) is 102 Å². The summed E-state index contributed by atoms with van der Waals surface area (Å²) < 4.78 is 7.20. The summed E-state index contributed by atoms with van der Waals surface area (Å²) in [5, 5.41) is 25.3. The van der Waals surface area contributed by atoms with Crippen molar-refractivity contribution < 1.29 is 19.4 Å². The van der Waals surface area contributed by atoms with Gasteiger partial charge >= 0.3 is 0 Å². The normalized spacial score (nSPS) is 16.3. The van der Waals surface area contributed by atoms with Gasteiger partial charge in [-0.3, -0.25) is 19.6 Å². The Labute approximate surface area is 310 Å². The SMILES string of the molecule is CC(C)Oc1ccc(-c2n[nH]c3ccc(NC=O)cc23)cn1.C[C@H]1CCN(CC(=O)N2CC=C(c3ccc(-c4ncn(CC(C)(C)O)n4)cc3)CC2)C1. The number of rotatable bonds is 11. The third-order valence-electron chi connectivity index (χ3n) is 9.18. The van der Waals surface area contributed by atoms with Crippen LogP contribution < -0.4 is 10.1 Å². The number of nitrogens with one attached hydrogen (secondary N) is 2. The molecule has 3 aromatic heterocycles. The van der Waals surface area contributed by atoms with Crippen molar-refractivity contribution in [3.05, 3.63) is 78.8 Å². The van der Waals surface area contributed by atoms with Crippen LogP contribution in [0.1, 0.15) is 53.0 Å². The zero-order chi connectivity index (χ0) is 37.5. The molecule has 1 atom stereocenters. The van der Waals surface area contributed by atoms with Gasteiger partial charge in [-0.1, -0.05) is 37.3 Å². The third-order valence-corrected chi connectivity index (χ3v) is 9.18. The maximum Gasteiger partial charge on any atom is 0.237 e. The Hall–Kier alpha value is -5.40. The Morgan fingerprint density at radius 2 is 1.85 bits per heavy atom. The largest absolute Gasteiger partial charge is 0.475 e. The van der Waals surface area contributed by atoms with Gasteiger partial charge in [-0.15, -0.1) is 0 Å². The lowest BCUT2D eigenvalue weighted by atomic mass is 9.98. The number of aromatic amines is 1. The molecule has 5 heterocycles. The zero-order valence-corrected chi connectivity index (χ0v) is 31.1. The predicted molar refractivity (Wildman–Crippen MR) is 206 cm³/mol. The number of ether oxygens (including phenoxy) is 1. The van der Waals surface area contributed by atoms with Crippen molar-refractivity contribution in [3.63, 3.8) is 0 Å². The first-order valence-electron chi connectivity index (χ1n) is 18.2. The molecule has 3 N–H and O–H groups in total. The van der Waals surface area contributed by atoms with Gasteiger partial charge in [0.25, 0.3) is 0 Å². The molecule has 0 aliphatic carbocycles. The van der Waals surface area contributed by atoms with Crippen molar-refractivity contribution in [3.8, 4) is 28.5 Å². The van der Waals surface area contributed by atoms with Crippen molar-refractivity contribution in [1.29, 1.82) is 0 Å². The fourth-order valence-electron chi connectivity index (χ4n) is 6.58. The summed E-state index contributed by atoms with van der Waals surface area (Å²) in [6.45, 7) is 14.2. The summed E-state index contributed by atoms with van der Waals surface area (Å²) in [4.78, 5) is 36.1. The van der Waals surface area contributed by atoms with Crippen LogP contribution in [0.4, 0.5) is 5.69 Å². The number of carbonyl (C=O) groups excluding carboxylic acids is 2. The van der Waals surface area contributed by atoms with E-state index in [4.69, 9.17) is 4.74 Å². The smallest absolute Gasteiger partial charge is 0.237 e. The summed E-state index contributed by atoms with van der Waals surface area (Å²) >= 11 is 0. The summed E-state index contributed by atoms with van der Waals surface area (Å²) in [5.74, 6) is 2.19. The Balaban J connectivity index is 0.000000192. The van der Waals surface area contributed by atoms with Gasteiger partial charge in [0.05, 0.1) is 30.3 Å². The summed E-state index contributed by atoms with van der Waals surface area (Å²) in [6.07, 6.45) is 8.37. The second-order valence-corrected chi connectivity index (χ2v) is 14.8. The van der Waals surface area contributed by atoms with E-state index in [0.29, 0.717) is 43.7 Å². The number of hydrogen-bond acceptors (Lipinski definition) is 9. The highest BCUT2D eigenvalue weighted by atomic mass is 16.5. The lowest BCUT2D eigenvalue weighted by molar-refractivity contribution is -0.131. The van der Waals surface area contributed by atoms with Gasteiger partial charge in [-0.2, -0.15) is 10.2 Å². The Bertz CT molecular complexity index is 2030. The second kappa shape index (κ2) is 16.5. The molecule has 2 aliphatic heterocycles. The quantitative estimate of drug-likeness (QED) is 0.147. The monoisotopic (exact) mass is 719 g/mol. The maximum atomic E-state index is 12.6. The number of likely N-dealkylation sites (tertiary alicyclic amines) is 1. The van der Waals surface area contributed by atoms with Crippen LogP contribution in [-0.2, 0) is 16.1 Å². The first-order valence-corrected chi connectivity index (χ1v) is 18.2. The summed E-state index contributed by atoms with van der Waals surface area (Å²) in [6, 6.07) is 17.6. The molecule has 1 saturated heterocycles. The molecule has 0 radical (unpaired) electrons. The van der Waals surface area contributed by atoms with E-state index in [2.05, 4.69) is 60.6 Å². The minimum Gasteiger partial charge on any atom is -0.475 e. The number of nitrogens with zero attached hydrogens (tertiary/aromatic N) is 7. The predicted octanol–water partition coefficient (Wildman–Crippen LogP) is 5.65. The summed E-state index contributed by atoms with van der Waals surface area (Å²) in [7, 11) is 0. The van der Waals surface area contributed by atoms with Crippen LogP contribution in [0, 0.1) is 5.92 Å². The van der Waals surface area contributed by atoms with Crippen molar-refractivity contribution in [2.24, 2.45) is 5.92 Å². The fourth-order valence-corrected chi connectivity index (χ4v) is 6.58. The minimum atomic E-state index is -0.829. The molecular formula is C40H49N9O4. The van der Waals surface area contributed by atoms with Gasteiger partial charge in [-0.25, -0.2) is 14.6 Å². The minimum absolute atomic E-state index is 0.0848. The highest BCUT2D eigenvalue weighted by Gasteiger charge is 2.24. The molecule has 5 aromatic rings. The van der Waals surface area contributed by atoms with E-state index in [1.165, 1.54) is 17.6 Å². The molecule has 1 fully saturated rings. The molecule has 2 amide bonds. The zero-order valence-electron chi connectivity index (χ0n) is 31.1. The Kier molecular flexibility index (Phi) is 11.6. The Morgan fingerprint density at radius 3 is 2.49 bits per heavy atom. The first kappa shape index (κ1) is 37.4. The van der Waals surface area contributed by atoms with Crippen LogP contribution in [0.25, 0.3) is 39.1 Å². The Morgan fingerprint density at radius 1 is 1.08 bits per heavy atom. The average Bonchev–Trinajstić information content (AvgIpc) is 3.88. The highest BCUT2D eigenvalue weighted by Crippen LogP contribution is 2.29. The van der Waals surface area contributed by atoms with Crippen LogP contribution in [0.5, 0.6) is 5.88 Å². The number of carbonyl (C=O) groups is 2. The number of aromatic nitrogens is 6. The lowest BCUT2D eigenvalue weighted by Crippen LogP contribution is -2.41. The number of pyridine rings is 1. The number of benzene rings is 2. The molecule has 0 spiro atoms. The number of amides is 2. The number of hydrogen-bond donors (Lipinski definition) is 3. The van der Waals surface area contributed by atoms with Crippen LogP contribution in [0.15, 0.2) is 73.2 Å². The van der Waals surface area contributed by atoms with Crippen LogP contribution >= 0.6 is 0 Å². The van der Waals surface area contributed by atoms with Gasteiger partial charge in [0.2, 0.25) is 18.2 Å². The van der Waals surface area contributed by atoms with E-state index < -0.39 is 5.60 Å². The van der Waals surface area contributed by atoms with Gasteiger partial charge in [0, 0.05) is 54.1 Å². The molecule has 2 aromatic carbocycles. The first-order chi connectivity index (χ1) is 25.4.